The summed E-state index contributed by atoms with van der Waals surface area (Å²) in [6.45, 7) is 8.90. The smallest absolute Gasteiger partial charge is 0.255 e. The fraction of sp³-hybridized carbons (Fsp3) is 0.300. The predicted octanol–water partition coefficient (Wildman–Crippen LogP) is 3.19. The van der Waals surface area contributed by atoms with Crippen LogP contribution in [0, 0.1) is 19.3 Å². The summed E-state index contributed by atoms with van der Waals surface area (Å²) < 4.78 is 23.3. The van der Waals surface area contributed by atoms with Gasteiger partial charge in [0.15, 0.2) is 0 Å². The number of carbonyl (C=O) groups is 2. The van der Waals surface area contributed by atoms with Gasteiger partial charge in [-0.3, -0.25) is 9.59 Å². The molecule has 2 rings (SSSR count). The molecule has 2 aromatic carbocycles. The fourth-order valence-electron chi connectivity index (χ4n) is 2.37. The van der Waals surface area contributed by atoms with E-state index in [1.807, 2.05) is 0 Å². The molecule has 0 heterocycles. The van der Waals surface area contributed by atoms with Crippen molar-refractivity contribution in [2.75, 3.05) is 10.6 Å². The number of nitrogens with two attached hydrogens (primary N) is 1. The lowest BCUT2D eigenvalue weighted by Crippen LogP contribution is -2.27. The zero-order chi connectivity index (χ0) is 21.3. The molecule has 2 amide bonds. The molecule has 0 saturated carbocycles. The third-order valence-corrected chi connectivity index (χ3v) is 5.17. The van der Waals surface area contributed by atoms with Crippen LogP contribution >= 0.6 is 0 Å². The molecule has 0 saturated heterocycles. The van der Waals surface area contributed by atoms with E-state index in [0.717, 1.165) is 5.56 Å². The van der Waals surface area contributed by atoms with E-state index in [2.05, 4.69) is 10.6 Å². The molecule has 0 aromatic heterocycles. The standard InChI is InChI=1S/C20H25N3O4S/c1-12-9-16(28(21,26)27)11-17(13(12)2)23-18(24)14-7-6-8-15(10-14)22-19(25)20(3,4)5/h6-11H,1-5H3,(H,22,25)(H,23,24)(H2,21,26,27). The maximum Gasteiger partial charge on any atom is 0.255 e. The number of sulfonamides is 1. The van der Waals surface area contributed by atoms with E-state index in [9.17, 15) is 18.0 Å². The SMILES string of the molecule is Cc1cc(S(N)(=O)=O)cc(NC(=O)c2cccc(NC(=O)C(C)(C)C)c2)c1C. The maximum absolute atomic E-state index is 12.7. The van der Waals surface area contributed by atoms with Crippen LogP contribution in [-0.4, -0.2) is 20.2 Å². The normalized spacial score (nSPS) is 11.8. The van der Waals surface area contributed by atoms with Crippen molar-refractivity contribution in [2.24, 2.45) is 10.6 Å². The zero-order valence-corrected chi connectivity index (χ0v) is 17.4. The van der Waals surface area contributed by atoms with Crippen LogP contribution < -0.4 is 15.8 Å². The van der Waals surface area contributed by atoms with E-state index >= 15 is 0 Å². The third kappa shape index (κ3) is 5.17. The first-order chi connectivity index (χ1) is 12.8. The molecule has 150 valence electrons. The molecule has 0 aliphatic heterocycles. The number of hydrogen-bond acceptors (Lipinski definition) is 4. The van der Waals surface area contributed by atoms with Crippen molar-refractivity contribution in [1.82, 2.24) is 0 Å². The number of primary sulfonamides is 1. The number of carbonyl (C=O) groups excluding carboxylic acids is 2. The van der Waals surface area contributed by atoms with Gasteiger partial charge in [0.2, 0.25) is 15.9 Å². The van der Waals surface area contributed by atoms with Gasteiger partial charge in [0.1, 0.15) is 0 Å². The quantitative estimate of drug-likeness (QED) is 0.726. The van der Waals surface area contributed by atoms with E-state index in [-0.39, 0.29) is 10.8 Å². The lowest BCUT2D eigenvalue weighted by atomic mass is 9.95. The van der Waals surface area contributed by atoms with Crippen LogP contribution in [0.4, 0.5) is 11.4 Å². The van der Waals surface area contributed by atoms with Crippen LogP contribution in [0.5, 0.6) is 0 Å². The molecule has 0 aliphatic carbocycles. The Hall–Kier alpha value is -2.71. The highest BCUT2D eigenvalue weighted by atomic mass is 32.2. The highest BCUT2D eigenvalue weighted by molar-refractivity contribution is 7.89. The number of rotatable bonds is 4. The molecule has 0 spiro atoms. The summed E-state index contributed by atoms with van der Waals surface area (Å²) in [5.74, 6) is -0.599. The number of hydrogen-bond donors (Lipinski definition) is 3. The van der Waals surface area contributed by atoms with Crippen molar-refractivity contribution in [3.8, 4) is 0 Å². The summed E-state index contributed by atoms with van der Waals surface area (Å²) in [5.41, 5.74) is 2.04. The zero-order valence-electron chi connectivity index (χ0n) is 16.6. The minimum atomic E-state index is -3.90. The minimum Gasteiger partial charge on any atom is -0.326 e. The molecule has 0 unspecified atom stereocenters. The van der Waals surface area contributed by atoms with Gasteiger partial charge in [0.25, 0.3) is 5.91 Å². The topological polar surface area (TPSA) is 118 Å². The fourth-order valence-corrected chi connectivity index (χ4v) is 2.99. The summed E-state index contributed by atoms with van der Waals surface area (Å²) in [6.07, 6.45) is 0. The van der Waals surface area contributed by atoms with Crippen LogP contribution in [0.2, 0.25) is 0 Å². The first-order valence-electron chi connectivity index (χ1n) is 8.66. The van der Waals surface area contributed by atoms with E-state index in [1.54, 1.807) is 58.9 Å². The van der Waals surface area contributed by atoms with Gasteiger partial charge in [-0.25, -0.2) is 13.6 Å². The first kappa shape index (κ1) is 21.6. The second kappa shape index (κ2) is 7.73. The van der Waals surface area contributed by atoms with Gasteiger partial charge in [-0.1, -0.05) is 26.8 Å². The van der Waals surface area contributed by atoms with Crippen molar-refractivity contribution < 1.29 is 18.0 Å². The molecule has 0 bridgehead atoms. The van der Waals surface area contributed by atoms with Gasteiger partial charge in [0, 0.05) is 22.4 Å². The monoisotopic (exact) mass is 403 g/mol. The van der Waals surface area contributed by atoms with Crippen molar-refractivity contribution in [3.63, 3.8) is 0 Å². The van der Waals surface area contributed by atoms with Crippen LogP contribution in [0.3, 0.4) is 0 Å². The van der Waals surface area contributed by atoms with Crippen LogP contribution in [-0.2, 0) is 14.8 Å². The second-order valence-electron chi connectivity index (χ2n) is 7.70. The van der Waals surface area contributed by atoms with Gasteiger partial charge in [-0.05, 0) is 55.3 Å². The third-order valence-electron chi connectivity index (χ3n) is 4.28. The molecule has 4 N–H and O–H groups in total. The summed E-state index contributed by atoms with van der Waals surface area (Å²) in [4.78, 5) is 24.7. The number of anilines is 2. The van der Waals surface area contributed by atoms with E-state index in [4.69, 9.17) is 5.14 Å². The summed E-state index contributed by atoms with van der Waals surface area (Å²) in [6, 6.07) is 9.31. The van der Waals surface area contributed by atoms with Crippen LogP contribution in [0.15, 0.2) is 41.3 Å². The minimum absolute atomic E-state index is 0.0721. The van der Waals surface area contributed by atoms with Crippen molar-refractivity contribution in [2.45, 2.75) is 39.5 Å². The summed E-state index contributed by atoms with van der Waals surface area (Å²) in [5, 5.41) is 10.7. The van der Waals surface area contributed by atoms with E-state index < -0.39 is 21.3 Å². The van der Waals surface area contributed by atoms with E-state index in [0.29, 0.717) is 22.5 Å². The Morgan fingerprint density at radius 3 is 2.21 bits per heavy atom. The van der Waals surface area contributed by atoms with Crippen LogP contribution in [0.1, 0.15) is 42.3 Å². The Labute approximate surface area is 165 Å². The predicted molar refractivity (Wildman–Crippen MR) is 110 cm³/mol. The number of aryl methyl sites for hydroxylation is 1. The molecule has 7 nitrogen and oxygen atoms in total. The average molecular weight is 404 g/mol. The maximum atomic E-state index is 12.7. The molecular formula is C20H25N3O4S. The van der Waals surface area contributed by atoms with Gasteiger partial charge in [-0.15, -0.1) is 0 Å². The lowest BCUT2D eigenvalue weighted by Gasteiger charge is -2.18. The van der Waals surface area contributed by atoms with Gasteiger partial charge < -0.3 is 10.6 Å². The Kier molecular flexibility index (Phi) is 5.96. The molecule has 0 aliphatic rings. The largest absolute Gasteiger partial charge is 0.326 e. The number of amides is 2. The highest BCUT2D eigenvalue weighted by Crippen LogP contribution is 2.25. The van der Waals surface area contributed by atoms with Gasteiger partial charge in [0.05, 0.1) is 4.90 Å². The Bertz CT molecular complexity index is 1040. The number of nitrogens with one attached hydrogen (secondary N) is 2. The van der Waals surface area contributed by atoms with Gasteiger partial charge >= 0.3 is 0 Å². The first-order valence-corrected chi connectivity index (χ1v) is 10.2. The summed E-state index contributed by atoms with van der Waals surface area (Å²) >= 11 is 0. The van der Waals surface area contributed by atoms with Crippen LogP contribution in [0.25, 0.3) is 0 Å². The molecule has 2 aromatic rings. The molecule has 8 heteroatoms. The average Bonchev–Trinajstić information content (AvgIpc) is 2.57. The molecule has 0 radical (unpaired) electrons. The van der Waals surface area contributed by atoms with Crippen molar-refractivity contribution >= 4 is 33.2 Å². The highest BCUT2D eigenvalue weighted by Gasteiger charge is 2.21. The summed E-state index contributed by atoms with van der Waals surface area (Å²) in [7, 11) is -3.90. The number of benzene rings is 2. The molecule has 0 atom stereocenters. The van der Waals surface area contributed by atoms with Crippen molar-refractivity contribution in [1.29, 1.82) is 0 Å². The van der Waals surface area contributed by atoms with E-state index in [1.165, 1.54) is 12.1 Å². The second-order valence-corrected chi connectivity index (χ2v) is 9.26. The Morgan fingerprint density at radius 1 is 1.00 bits per heavy atom. The van der Waals surface area contributed by atoms with Crippen molar-refractivity contribution in [3.05, 3.63) is 53.1 Å². The molecule has 28 heavy (non-hydrogen) atoms. The molecular weight excluding hydrogens is 378 g/mol. The lowest BCUT2D eigenvalue weighted by molar-refractivity contribution is -0.123. The molecule has 0 fully saturated rings. The Morgan fingerprint density at radius 2 is 1.64 bits per heavy atom. The van der Waals surface area contributed by atoms with Gasteiger partial charge in [-0.2, -0.15) is 0 Å². The Balaban J connectivity index is 2.30.